The molecule has 0 saturated heterocycles. The highest BCUT2D eigenvalue weighted by atomic mass is 32.2. The minimum Gasteiger partial charge on any atom is -0.324 e. The lowest BCUT2D eigenvalue weighted by atomic mass is 10.2. The number of thioether (sulfide) groups is 1. The van der Waals surface area contributed by atoms with Gasteiger partial charge in [0.1, 0.15) is 0 Å². The van der Waals surface area contributed by atoms with Gasteiger partial charge in [0, 0.05) is 17.7 Å². The maximum Gasteiger partial charge on any atom is 0.237 e. The van der Waals surface area contributed by atoms with E-state index in [-0.39, 0.29) is 17.9 Å². The first-order valence-electron chi connectivity index (χ1n) is 7.97. The van der Waals surface area contributed by atoms with Crippen LogP contribution in [0.3, 0.4) is 0 Å². The molecule has 2 amide bonds. The van der Waals surface area contributed by atoms with Crippen LogP contribution < -0.4 is 10.2 Å². The third kappa shape index (κ3) is 3.29. The quantitative estimate of drug-likeness (QED) is 0.929. The van der Waals surface area contributed by atoms with E-state index in [0.29, 0.717) is 17.4 Å². The number of nitrogens with one attached hydrogen (secondary N) is 1. The summed E-state index contributed by atoms with van der Waals surface area (Å²) < 4.78 is 0. The number of anilines is 2. The predicted molar refractivity (Wildman–Crippen MR) is 91.4 cm³/mol. The van der Waals surface area contributed by atoms with Crippen molar-refractivity contribution >= 4 is 35.0 Å². The van der Waals surface area contributed by atoms with Gasteiger partial charge in [-0.1, -0.05) is 25.0 Å². The Morgan fingerprint density at radius 3 is 2.82 bits per heavy atom. The monoisotopic (exact) mass is 318 g/mol. The fourth-order valence-electron chi connectivity index (χ4n) is 3.28. The summed E-state index contributed by atoms with van der Waals surface area (Å²) in [5.74, 6) is 0.574. The molecule has 22 heavy (non-hydrogen) atoms. The first-order chi connectivity index (χ1) is 10.6. The standard InChI is InChI=1S/C17H22N2O2S/c1-12-10-16(20)18-14-8-4-5-9-15(14)19(12)17(21)11-22-13-6-2-3-7-13/h4-5,8-9,12-13H,2-3,6-7,10-11H2,1H3,(H,18,20)/t12-/m1/s1. The summed E-state index contributed by atoms with van der Waals surface area (Å²) in [6.07, 6.45) is 5.36. The topological polar surface area (TPSA) is 49.4 Å². The molecular formula is C17H22N2O2S. The Bertz CT molecular complexity index is 570. The summed E-state index contributed by atoms with van der Waals surface area (Å²) in [4.78, 5) is 26.5. The minimum absolute atomic E-state index is 0.0290. The van der Waals surface area contributed by atoms with Crippen LogP contribution in [0.15, 0.2) is 24.3 Å². The number of hydrogen-bond acceptors (Lipinski definition) is 3. The number of rotatable bonds is 3. The third-order valence-corrected chi connectivity index (χ3v) is 5.73. The highest BCUT2D eigenvalue weighted by Gasteiger charge is 2.30. The van der Waals surface area contributed by atoms with Gasteiger partial charge in [0.15, 0.2) is 0 Å². The summed E-state index contributed by atoms with van der Waals surface area (Å²) >= 11 is 1.77. The van der Waals surface area contributed by atoms with E-state index in [0.717, 1.165) is 11.4 Å². The zero-order valence-electron chi connectivity index (χ0n) is 12.9. The number of benzene rings is 1. The van der Waals surface area contributed by atoms with Crippen LogP contribution >= 0.6 is 11.8 Å². The van der Waals surface area contributed by atoms with E-state index in [2.05, 4.69) is 5.32 Å². The van der Waals surface area contributed by atoms with Crippen LogP contribution in [0.5, 0.6) is 0 Å². The number of para-hydroxylation sites is 2. The molecule has 0 radical (unpaired) electrons. The molecule has 1 aromatic rings. The Morgan fingerprint density at radius 2 is 2.05 bits per heavy atom. The molecule has 1 saturated carbocycles. The molecule has 1 fully saturated rings. The van der Waals surface area contributed by atoms with E-state index in [1.807, 2.05) is 31.2 Å². The van der Waals surface area contributed by atoms with Crippen molar-refractivity contribution in [3.63, 3.8) is 0 Å². The van der Waals surface area contributed by atoms with Gasteiger partial charge in [-0.25, -0.2) is 0 Å². The smallest absolute Gasteiger partial charge is 0.237 e. The summed E-state index contributed by atoms with van der Waals surface area (Å²) in [5.41, 5.74) is 1.55. The maximum absolute atomic E-state index is 12.8. The molecule has 1 aromatic carbocycles. The van der Waals surface area contributed by atoms with Crippen LogP contribution in [0.1, 0.15) is 39.0 Å². The molecular weight excluding hydrogens is 296 g/mol. The molecule has 0 aromatic heterocycles. The van der Waals surface area contributed by atoms with Gasteiger partial charge in [-0.2, -0.15) is 0 Å². The molecule has 0 bridgehead atoms. The van der Waals surface area contributed by atoms with E-state index in [9.17, 15) is 9.59 Å². The molecule has 1 aliphatic carbocycles. The number of amides is 2. The van der Waals surface area contributed by atoms with E-state index in [1.165, 1.54) is 25.7 Å². The maximum atomic E-state index is 12.8. The predicted octanol–water partition coefficient (Wildman–Crippen LogP) is 3.43. The molecule has 4 nitrogen and oxygen atoms in total. The number of hydrogen-bond donors (Lipinski definition) is 1. The average Bonchev–Trinajstić information content (AvgIpc) is 2.96. The summed E-state index contributed by atoms with van der Waals surface area (Å²) in [7, 11) is 0. The van der Waals surface area contributed by atoms with Gasteiger partial charge in [0.05, 0.1) is 17.1 Å². The SMILES string of the molecule is C[C@@H]1CC(=O)Nc2ccccc2N1C(=O)CSC1CCCC1. The molecule has 3 rings (SSSR count). The highest BCUT2D eigenvalue weighted by Crippen LogP contribution is 2.33. The van der Waals surface area contributed by atoms with Crippen molar-refractivity contribution in [2.75, 3.05) is 16.0 Å². The third-order valence-electron chi connectivity index (χ3n) is 4.37. The zero-order chi connectivity index (χ0) is 15.5. The van der Waals surface area contributed by atoms with Crippen molar-refractivity contribution < 1.29 is 9.59 Å². The molecule has 2 aliphatic rings. The number of nitrogens with zero attached hydrogens (tertiary/aromatic N) is 1. The molecule has 0 unspecified atom stereocenters. The summed E-state index contributed by atoms with van der Waals surface area (Å²) in [6, 6.07) is 7.45. The van der Waals surface area contributed by atoms with Crippen LogP contribution in [0.4, 0.5) is 11.4 Å². The van der Waals surface area contributed by atoms with Crippen LogP contribution in [-0.4, -0.2) is 28.9 Å². The van der Waals surface area contributed by atoms with Crippen molar-refractivity contribution in [1.29, 1.82) is 0 Å². The van der Waals surface area contributed by atoms with E-state index >= 15 is 0 Å². The fourth-order valence-corrected chi connectivity index (χ4v) is 4.47. The normalized spacial score (nSPS) is 22.1. The van der Waals surface area contributed by atoms with Gasteiger partial charge in [-0.05, 0) is 31.9 Å². The molecule has 0 spiro atoms. The largest absolute Gasteiger partial charge is 0.324 e. The molecule has 1 N–H and O–H groups in total. The van der Waals surface area contributed by atoms with Gasteiger partial charge < -0.3 is 10.2 Å². The Morgan fingerprint density at radius 1 is 1.32 bits per heavy atom. The van der Waals surface area contributed by atoms with Crippen molar-refractivity contribution in [2.24, 2.45) is 0 Å². The Kier molecular flexibility index (Phi) is 4.71. The van der Waals surface area contributed by atoms with Crippen molar-refractivity contribution in [1.82, 2.24) is 0 Å². The lowest BCUT2D eigenvalue weighted by molar-refractivity contribution is -0.117. The molecule has 5 heteroatoms. The second-order valence-corrected chi connectivity index (χ2v) is 7.39. The van der Waals surface area contributed by atoms with Crippen LogP contribution in [0.25, 0.3) is 0 Å². The average molecular weight is 318 g/mol. The number of carbonyl (C=O) groups is 2. The lowest BCUT2D eigenvalue weighted by Crippen LogP contribution is -2.40. The Hall–Kier alpha value is -1.49. The molecule has 118 valence electrons. The van der Waals surface area contributed by atoms with E-state index in [4.69, 9.17) is 0 Å². The molecule has 1 aliphatic heterocycles. The second-order valence-electron chi connectivity index (χ2n) is 6.10. The van der Waals surface area contributed by atoms with Crippen molar-refractivity contribution in [3.05, 3.63) is 24.3 Å². The van der Waals surface area contributed by atoms with Crippen molar-refractivity contribution in [3.8, 4) is 0 Å². The Labute approximate surface area is 135 Å². The number of carbonyl (C=O) groups excluding carboxylic acids is 2. The first kappa shape index (κ1) is 15.4. The summed E-state index contributed by atoms with van der Waals surface area (Å²) in [6.45, 7) is 1.94. The molecule has 1 heterocycles. The van der Waals surface area contributed by atoms with Gasteiger partial charge in [-0.15, -0.1) is 11.8 Å². The second kappa shape index (κ2) is 6.73. The number of fused-ring (bicyclic) bond motifs is 1. The zero-order valence-corrected chi connectivity index (χ0v) is 13.7. The van der Waals surface area contributed by atoms with Crippen LogP contribution in [0.2, 0.25) is 0 Å². The van der Waals surface area contributed by atoms with Gasteiger partial charge in [0.25, 0.3) is 0 Å². The minimum atomic E-state index is -0.111. The summed E-state index contributed by atoms with van der Waals surface area (Å²) in [5, 5.41) is 3.52. The molecule has 1 atom stereocenters. The van der Waals surface area contributed by atoms with Gasteiger partial charge >= 0.3 is 0 Å². The van der Waals surface area contributed by atoms with Crippen molar-refractivity contribution in [2.45, 2.75) is 50.3 Å². The lowest BCUT2D eigenvalue weighted by Gasteiger charge is -2.28. The van der Waals surface area contributed by atoms with E-state index < -0.39 is 0 Å². The van der Waals surface area contributed by atoms with Crippen LogP contribution in [0, 0.1) is 0 Å². The fraction of sp³-hybridized carbons (Fsp3) is 0.529. The van der Waals surface area contributed by atoms with E-state index in [1.54, 1.807) is 16.7 Å². The highest BCUT2D eigenvalue weighted by molar-refractivity contribution is 8.00. The first-order valence-corrected chi connectivity index (χ1v) is 9.02. The van der Waals surface area contributed by atoms with Crippen LogP contribution in [-0.2, 0) is 9.59 Å². The Balaban J connectivity index is 1.77. The van der Waals surface area contributed by atoms with Gasteiger partial charge in [0.2, 0.25) is 11.8 Å². The van der Waals surface area contributed by atoms with Gasteiger partial charge in [-0.3, -0.25) is 9.59 Å².